The van der Waals surface area contributed by atoms with E-state index in [2.05, 4.69) is 0 Å². The highest BCUT2D eigenvalue weighted by molar-refractivity contribution is 7.85. The van der Waals surface area contributed by atoms with Gasteiger partial charge < -0.3 is 4.74 Å². The van der Waals surface area contributed by atoms with E-state index in [0.29, 0.717) is 13.0 Å². The number of hydrogen-bond donors (Lipinski definition) is 1. The lowest BCUT2D eigenvalue weighted by Crippen LogP contribution is -2.21. The summed E-state index contributed by atoms with van der Waals surface area (Å²) in [6.07, 6.45) is 0.644. The maximum Gasteiger partial charge on any atom is 0.265 e. The van der Waals surface area contributed by atoms with Crippen LogP contribution >= 0.6 is 0 Å². The van der Waals surface area contributed by atoms with Crippen LogP contribution in [-0.2, 0) is 10.1 Å². The Balaban J connectivity index is 2.53. The minimum absolute atomic E-state index is 0.189. The average Bonchev–Trinajstić information content (AvgIpc) is 2.23. The van der Waals surface area contributed by atoms with Crippen LogP contribution in [0.2, 0.25) is 0 Å². The molecule has 0 heterocycles. The van der Waals surface area contributed by atoms with Crippen LogP contribution in [-0.4, -0.2) is 25.3 Å². The molecule has 0 radical (unpaired) electrons. The summed E-state index contributed by atoms with van der Waals surface area (Å²) in [5.41, 5.74) is 1.09. The number of aryl methyl sites for hydroxylation is 1. The van der Waals surface area contributed by atoms with Crippen LogP contribution in [0, 0.1) is 12.8 Å². The number of ether oxygens (including phenoxy) is 1. The van der Waals surface area contributed by atoms with Crippen LogP contribution in [0.1, 0.15) is 18.9 Å². The molecule has 1 aromatic rings. The largest absolute Gasteiger partial charge is 0.493 e. The molecule has 1 N–H and O–H groups in total. The van der Waals surface area contributed by atoms with Crippen LogP contribution in [0.15, 0.2) is 24.3 Å². The second-order valence-electron chi connectivity index (χ2n) is 4.15. The van der Waals surface area contributed by atoms with Crippen molar-refractivity contribution in [2.75, 3.05) is 12.4 Å². The van der Waals surface area contributed by atoms with E-state index in [1.54, 1.807) is 0 Å². The van der Waals surface area contributed by atoms with Crippen molar-refractivity contribution < 1.29 is 17.7 Å². The summed E-state index contributed by atoms with van der Waals surface area (Å²) in [7, 11) is -3.93. The normalized spacial score (nSPS) is 13.4. The summed E-state index contributed by atoms with van der Waals surface area (Å²) >= 11 is 0. The highest BCUT2D eigenvalue weighted by Gasteiger charge is 2.15. The molecule has 17 heavy (non-hydrogen) atoms. The molecule has 1 unspecified atom stereocenters. The van der Waals surface area contributed by atoms with Gasteiger partial charge in [-0.25, -0.2) is 0 Å². The first-order valence-corrected chi connectivity index (χ1v) is 7.16. The molecule has 0 saturated heterocycles. The lowest BCUT2D eigenvalue weighted by molar-refractivity contribution is 0.255. The first-order chi connectivity index (χ1) is 7.90. The molecular formula is C12H18O4S. The van der Waals surface area contributed by atoms with Gasteiger partial charge in [-0.2, -0.15) is 8.42 Å². The van der Waals surface area contributed by atoms with Crippen LogP contribution in [0.5, 0.6) is 5.75 Å². The molecule has 5 heteroatoms. The summed E-state index contributed by atoms with van der Waals surface area (Å²) in [6, 6.07) is 7.56. The van der Waals surface area contributed by atoms with Gasteiger partial charge in [0, 0.05) is 5.92 Å². The van der Waals surface area contributed by atoms with E-state index in [-0.39, 0.29) is 11.7 Å². The molecule has 0 spiro atoms. The van der Waals surface area contributed by atoms with Gasteiger partial charge >= 0.3 is 0 Å². The molecule has 0 aliphatic carbocycles. The van der Waals surface area contributed by atoms with E-state index in [9.17, 15) is 8.42 Å². The minimum Gasteiger partial charge on any atom is -0.493 e. The van der Waals surface area contributed by atoms with Crippen molar-refractivity contribution in [3.05, 3.63) is 29.8 Å². The van der Waals surface area contributed by atoms with E-state index in [4.69, 9.17) is 9.29 Å². The summed E-state index contributed by atoms with van der Waals surface area (Å²) in [6.45, 7) is 4.12. The van der Waals surface area contributed by atoms with Crippen molar-refractivity contribution in [2.45, 2.75) is 20.3 Å². The standard InChI is InChI=1S/C12H18O4S/c1-3-11(9-17(13,14)15)8-16-12-6-4-5-10(2)7-12/h4-7,11H,3,8-9H2,1-2H3,(H,13,14,15). The van der Waals surface area contributed by atoms with E-state index in [0.717, 1.165) is 11.3 Å². The van der Waals surface area contributed by atoms with E-state index >= 15 is 0 Å². The van der Waals surface area contributed by atoms with Gasteiger partial charge in [-0.15, -0.1) is 0 Å². The predicted octanol–water partition coefficient (Wildman–Crippen LogP) is 2.29. The summed E-state index contributed by atoms with van der Waals surface area (Å²) in [5.74, 6) is 0.277. The third kappa shape index (κ3) is 5.70. The zero-order valence-electron chi connectivity index (χ0n) is 10.1. The Morgan fingerprint density at radius 2 is 2.12 bits per heavy atom. The third-order valence-electron chi connectivity index (χ3n) is 2.50. The maximum absolute atomic E-state index is 10.8. The highest BCUT2D eigenvalue weighted by atomic mass is 32.2. The van der Waals surface area contributed by atoms with E-state index in [1.165, 1.54) is 0 Å². The van der Waals surface area contributed by atoms with Crippen LogP contribution in [0.25, 0.3) is 0 Å². The molecule has 4 nitrogen and oxygen atoms in total. The van der Waals surface area contributed by atoms with Crippen LogP contribution in [0.4, 0.5) is 0 Å². The molecule has 0 amide bonds. The summed E-state index contributed by atoms with van der Waals surface area (Å²) < 4.78 is 35.8. The smallest absolute Gasteiger partial charge is 0.265 e. The average molecular weight is 258 g/mol. The SMILES string of the molecule is CCC(COc1cccc(C)c1)CS(=O)(=O)O. The van der Waals surface area contributed by atoms with Gasteiger partial charge in [0.2, 0.25) is 0 Å². The van der Waals surface area contributed by atoms with Gasteiger partial charge in [-0.05, 0) is 31.0 Å². The lowest BCUT2D eigenvalue weighted by Gasteiger charge is -2.14. The fourth-order valence-electron chi connectivity index (χ4n) is 1.50. The molecule has 1 rings (SSSR count). The molecule has 1 aromatic carbocycles. The Hall–Kier alpha value is -1.07. The van der Waals surface area contributed by atoms with Gasteiger partial charge in [-0.3, -0.25) is 4.55 Å². The van der Waals surface area contributed by atoms with Crippen molar-refractivity contribution in [3.63, 3.8) is 0 Å². The Bertz CT molecular complexity index is 453. The molecule has 1 atom stereocenters. The number of hydrogen-bond acceptors (Lipinski definition) is 3. The van der Waals surface area contributed by atoms with Gasteiger partial charge in [-0.1, -0.05) is 19.1 Å². The molecule has 0 aliphatic rings. The molecule has 0 fully saturated rings. The van der Waals surface area contributed by atoms with E-state index in [1.807, 2.05) is 38.1 Å². The van der Waals surface area contributed by atoms with Gasteiger partial charge in [0.05, 0.1) is 12.4 Å². The highest BCUT2D eigenvalue weighted by Crippen LogP contribution is 2.15. The fraction of sp³-hybridized carbons (Fsp3) is 0.500. The van der Waals surface area contributed by atoms with Crippen molar-refractivity contribution in [1.82, 2.24) is 0 Å². The Kier molecular flexibility index (Phi) is 4.96. The topological polar surface area (TPSA) is 63.6 Å². The third-order valence-corrected chi connectivity index (χ3v) is 3.39. The minimum atomic E-state index is -3.93. The fourth-order valence-corrected chi connectivity index (χ4v) is 2.43. The van der Waals surface area contributed by atoms with Gasteiger partial charge in [0.15, 0.2) is 0 Å². The number of benzene rings is 1. The Labute approximate surface area is 102 Å². The zero-order chi connectivity index (χ0) is 12.9. The van der Waals surface area contributed by atoms with Gasteiger partial charge in [0.25, 0.3) is 10.1 Å². The second kappa shape index (κ2) is 6.02. The van der Waals surface area contributed by atoms with Crippen molar-refractivity contribution in [2.24, 2.45) is 5.92 Å². The van der Waals surface area contributed by atoms with Crippen molar-refractivity contribution >= 4 is 10.1 Å². The summed E-state index contributed by atoms with van der Waals surface area (Å²) in [5, 5.41) is 0. The first-order valence-electron chi connectivity index (χ1n) is 5.55. The van der Waals surface area contributed by atoms with Crippen molar-refractivity contribution in [3.8, 4) is 5.75 Å². The van der Waals surface area contributed by atoms with Crippen molar-refractivity contribution in [1.29, 1.82) is 0 Å². The lowest BCUT2D eigenvalue weighted by atomic mass is 10.1. The molecule has 0 bridgehead atoms. The molecule has 0 aliphatic heterocycles. The molecule has 0 aromatic heterocycles. The monoisotopic (exact) mass is 258 g/mol. The molecule has 96 valence electrons. The van der Waals surface area contributed by atoms with Gasteiger partial charge in [0.1, 0.15) is 5.75 Å². The van der Waals surface area contributed by atoms with Crippen LogP contribution < -0.4 is 4.74 Å². The number of rotatable bonds is 6. The Morgan fingerprint density at radius 3 is 2.65 bits per heavy atom. The zero-order valence-corrected chi connectivity index (χ0v) is 10.9. The summed E-state index contributed by atoms with van der Waals surface area (Å²) in [4.78, 5) is 0. The Morgan fingerprint density at radius 1 is 1.41 bits per heavy atom. The first kappa shape index (κ1) is 14.0. The molecular weight excluding hydrogens is 240 g/mol. The maximum atomic E-state index is 10.8. The predicted molar refractivity (Wildman–Crippen MR) is 66.9 cm³/mol. The molecule has 0 saturated carbocycles. The van der Waals surface area contributed by atoms with Crippen LogP contribution in [0.3, 0.4) is 0 Å². The quantitative estimate of drug-likeness (QED) is 0.795. The second-order valence-corrected chi connectivity index (χ2v) is 5.65. The van der Waals surface area contributed by atoms with E-state index < -0.39 is 10.1 Å².